The molecule has 0 aliphatic rings. The van der Waals surface area contributed by atoms with E-state index >= 15 is 0 Å². The van der Waals surface area contributed by atoms with Gasteiger partial charge in [-0.3, -0.25) is 9.59 Å². The molecule has 0 aliphatic carbocycles. The maximum Gasteiger partial charge on any atom is 0.314 e. The number of hydrogen-bond donors (Lipinski definition) is 2. The van der Waals surface area contributed by atoms with E-state index in [9.17, 15) is 9.59 Å². The molecule has 2 N–H and O–H groups in total. The second-order valence-corrected chi connectivity index (χ2v) is 0.964. The zero-order valence-corrected chi connectivity index (χ0v) is 6.77. The van der Waals surface area contributed by atoms with Gasteiger partial charge < -0.3 is 10.2 Å². The Morgan fingerprint density at radius 3 is 1.38 bits per heavy atom. The van der Waals surface area contributed by atoms with Gasteiger partial charge in [0.15, 0.2) is 0 Å². The summed E-state index contributed by atoms with van der Waals surface area (Å²) in [6.07, 6.45) is -0.806. The number of carboxylic acids is 2. The normalized spacial score (nSPS) is 7.00. The monoisotopic (exact) mass is 224 g/mol. The minimum absolute atomic E-state index is 0. The van der Waals surface area contributed by atoms with Crippen LogP contribution in [0, 0.1) is 0 Å². The second-order valence-electron chi connectivity index (χ2n) is 0.964. The molecule has 0 aromatic rings. The van der Waals surface area contributed by atoms with Gasteiger partial charge in [-0.05, 0) is 0 Å². The molecule has 0 spiro atoms. The first-order valence-electron chi connectivity index (χ1n) is 1.56. The Hall–Kier alpha value is -0.261. The van der Waals surface area contributed by atoms with Gasteiger partial charge in [0, 0.05) is 23.9 Å². The maximum absolute atomic E-state index is 9.43. The number of aliphatic carboxylic acids is 2. The van der Waals surface area contributed by atoms with E-state index in [0.717, 1.165) is 0 Å². The van der Waals surface area contributed by atoms with Crippen molar-refractivity contribution in [1.29, 1.82) is 0 Å². The van der Waals surface area contributed by atoms with Gasteiger partial charge in [-0.1, -0.05) is 0 Å². The summed E-state index contributed by atoms with van der Waals surface area (Å²) in [5.74, 6) is -2.62. The van der Waals surface area contributed by atoms with Crippen LogP contribution in [0.1, 0.15) is 6.42 Å². The summed E-state index contributed by atoms with van der Waals surface area (Å²) in [4.78, 5) is 18.9. The summed E-state index contributed by atoms with van der Waals surface area (Å²) in [6.45, 7) is 0. The average molecular weight is 223 g/mol. The molecule has 0 saturated carbocycles. The van der Waals surface area contributed by atoms with Crippen molar-refractivity contribution in [3.8, 4) is 0 Å². The van der Waals surface area contributed by atoms with E-state index in [4.69, 9.17) is 10.2 Å². The molecule has 0 fully saturated rings. The summed E-state index contributed by atoms with van der Waals surface area (Å²) >= 11 is 0. The molecule has 44 valence electrons. The number of rotatable bonds is 2. The Labute approximate surface area is 62.5 Å². The van der Waals surface area contributed by atoms with Crippen LogP contribution in [0.3, 0.4) is 0 Å². The van der Waals surface area contributed by atoms with Gasteiger partial charge in [-0.25, -0.2) is 0 Å². The van der Waals surface area contributed by atoms with Crippen molar-refractivity contribution in [3.63, 3.8) is 0 Å². The fourth-order valence-corrected chi connectivity index (χ4v) is 0.129. The molecule has 4 nitrogen and oxygen atoms in total. The molecule has 0 bridgehead atoms. The Morgan fingerprint density at radius 2 is 1.38 bits per heavy atom. The summed E-state index contributed by atoms with van der Waals surface area (Å²) in [7, 11) is 0. The predicted octanol–water partition coefficient (Wildman–Crippen LogP) is -0.835. The molecule has 8 heavy (non-hydrogen) atoms. The quantitative estimate of drug-likeness (QED) is 0.472. The molecular formula is C3H4O4Sn. The van der Waals surface area contributed by atoms with Crippen LogP contribution >= 0.6 is 0 Å². The number of hydrogen-bond acceptors (Lipinski definition) is 2. The van der Waals surface area contributed by atoms with Gasteiger partial charge in [-0.15, -0.1) is 0 Å². The molecule has 0 amide bonds. The van der Waals surface area contributed by atoms with E-state index < -0.39 is 18.4 Å². The molecule has 5 heteroatoms. The van der Waals surface area contributed by atoms with Crippen LogP contribution in [0.15, 0.2) is 0 Å². The van der Waals surface area contributed by atoms with Gasteiger partial charge in [0.25, 0.3) is 0 Å². The molecule has 0 aromatic carbocycles. The van der Waals surface area contributed by atoms with E-state index in [2.05, 4.69) is 0 Å². The third kappa shape index (κ3) is 9.22. The SMILES string of the molecule is O=C(O)CC(=O)O.[Sn]. The minimum Gasteiger partial charge on any atom is -0.481 e. The molecular weight excluding hydrogens is 219 g/mol. The Kier molecular flexibility index (Phi) is 6.52. The van der Waals surface area contributed by atoms with E-state index in [1.165, 1.54) is 0 Å². The summed E-state index contributed by atoms with van der Waals surface area (Å²) in [6, 6.07) is 0. The standard InChI is InChI=1S/C3H4O4.Sn/c4-2(5)1-3(6)7;/h1H2,(H,4,5)(H,6,7);. The van der Waals surface area contributed by atoms with Crippen molar-refractivity contribution in [1.82, 2.24) is 0 Å². The zero-order chi connectivity index (χ0) is 5.86. The van der Waals surface area contributed by atoms with Crippen molar-refractivity contribution in [2.75, 3.05) is 0 Å². The van der Waals surface area contributed by atoms with Gasteiger partial charge in [0.2, 0.25) is 0 Å². The average Bonchev–Trinajstić information content (AvgIpc) is 1.27. The topological polar surface area (TPSA) is 74.6 Å². The molecule has 0 aromatic heterocycles. The second kappa shape index (κ2) is 4.89. The van der Waals surface area contributed by atoms with E-state index in [1.54, 1.807) is 0 Å². The van der Waals surface area contributed by atoms with Crippen LogP contribution in [0.25, 0.3) is 0 Å². The summed E-state index contributed by atoms with van der Waals surface area (Å²) < 4.78 is 0. The van der Waals surface area contributed by atoms with Crippen LogP contribution in [0.2, 0.25) is 0 Å². The Balaban J connectivity index is 0. The van der Waals surface area contributed by atoms with Crippen molar-refractivity contribution in [2.24, 2.45) is 0 Å². The van der Waals surface area contributed by atoms with Crippen molar-refractivity contribution >= 4 is 35.8 Å². The third-order valence-corrected chi connectivity index (χ3v) is 0.302. The van der Waals surface area contributed by atoms with Crippen molar-refractivity contribution in [3.05, 3.63) is 0 Å². The van der Waals surface area contributed by atoms with E-state index in [-0.39, 0.29) is 23.9 Å². The summed E-state index contributed by atoms with van der Waals surface area (Å²) in [5.41, 5.74) is 0. The van der Waals surface area contributed by atoms with Crippen molar-refractivity contribution < 1.29 is 19.8 Å². The Morgan fingerprint density at radius 1 is 1.12 bits per heavy atom. The molecule has 0 atom stereocenters. The minimum atomic E-state index is -1.31. The first kappa shape index (κ1) is 10.7. The maximum atomic E-state index is 9.43. The first-order valence-corrected chi connectivity index (χ1v) is 1.56. The van der Waals surface area contributed by atoms with E-state index in [0.29, 0.717) is 0 Å². The van der Waals surface area contributed by atoms with Crippen LogP contribution in [-0.2, 0) is 9.59 Å². The zero-order valence-electron chi connectivity index (χ0n) is 3.92. The van der Waals surface area contributed by atoms with Crippen LogP contribution in [0.4, 0.5) is 0 Å². The largest absolute Gasteiger partial charge is 0.481 e. The first-order chi connectivity index (χ1) is 3.13. The van der Waals surface area contributed by atoms with Gasteiger partial charge in [0.05, 0.1) is 0 Å². The molecule has 0 unspecified atom stereocenters. The van der Waals surface area contributed by atoms with E-state index in [1.807, 2.05) is 0 Å². The van der Waals surface area contributed by atoms with Crippen LogP contribution < -0.4 is 0 Å². The summed E-state index contributed by atoms with van der Waals surface area (Å²) in [5, 5.41) is 15.4. The fourth-order valence-electron chi connectivity index (χ4n) is 0.129. The fraction of sp³-hybridized carbons (Fsp3) is 0.333. The molecule has 0 aliphatic heterocycles. The van der Waals surface area contributed by atoms with Crippen LogP contribution in [-0.4, -0.2) is 46.1 Å². The third-order valence-electron chi connectivity index (χ3n) is 0.302. The molecule has 0 heterocycles. The molecule has 0 rings (SSSR count). The van der Waals surface area contributed by atoms with Crippen molar-refractivity contribution in [2.45, 2.75) is 6.42 Å². The Bertz CT molecular complexity index is 87.5. The van der Waals surface area contributed by atoms with Gasteiger partial charge in [0.1, 0.15) is 6.42 Å². The smallest absolute Gasteiger partial charge is 0.314 e. The molecule has 0 saturated heterocycles. The van der Waals surface area contributed by atoms with Gasteiger partial charge in [-0.2, -0.15) is 0 Å². The number of carbonyl (C=O) groups is 2. The van der Waals surface area contributed by atoms with Crippen LogP contribution in [0.5, 0.6) is 0 Å². The number of carboxylic acid groups (broad SMARTS) is 2. The molecule has 4 radical (unpaired) electrons. The predicted molar refractivity (Wildman–Crippen MR) is 25.6 cm³/mol. The van der Waals surface area contributed by atoms with Gasteiger partial charge >= 0.3 is 11.9 Å².